The van der Waals surface area contributed by atoms with Crippen LogP contribution in [0.15, 0.2) is 85.0 Å². The van der Waals surface area contributed by atoms with Crippen molar-refractivity contribution in [2.45, 2.75) is 46.6 Å². The molecule has 33 heavy (non-hydrogen) atoms. The Kier molecular flexibility index (Phi) is 5.94. The van der Waals surface area contributed by atoms with Crippen LogP contribution in [-0.4, -0.2) is 19.6 Å². The number of nitrogens with zero attached hydrogens (tertiary/aromatic N) is 3. The molecule has 3 heterocycles. The fourth-order valence-electron chi connectivity index (χ4n) is 4.22. The minimum atomic E-state index is 0.103. The summed E-state index contributed by atoms with van der Waals surface area (Å²) in [6.07, 6.45) is 5.79. The number of hydrogen-bond acceptors (Lipinski definition) is 3. The third-order valence-corrected chi connectivity index (χ3v) is 5.91. The normalized spacial score (nSPS) is 12.6. The van der Waals surface area contributed by atoms with Crippen molar-refractivity contribution in [2.24, 2.45) is 0 Å². The van der Waals surface area contributed by atoms with E-state index in [0.717, 1.165) is 44.6 Å². The van der Waals surface area contributed by atoms with Crippen LogP contribution in [0.2, 0.25) is 0 Å². The van der Waals surface area contributed by atoms with Gasteiger partial charge in [0.05, 0.1) is 29.0 Å². The van der Waals surface area contributed by atoms with Gasteiger partial charge in [-0.2, -0.15) is 0 Å². The summed E-state index contributed by atoms with van der Waals surface area (Å²) in [6, 6.07) is 16.8. The molecule has 0 aliphatic carbocycles. The topological polar surface area (TPSA) is 50.9 Å². The number of allylic oxidation sites excluding steroid dienone is 3. The Morgan fingerprint density at radius 1 is 1.03 bits per heavy atom. The molecule has 0 fully saturated rings. The number of aliphatic hydroxyl groups excluding tert-OH is 1. The van der Waals surface area contributed by atoms with Crippen LogP contribution in [0.4, 0.5) is 0 Å². The molecule has 4 nitrogen and oxygen atoms in total. The molecule has 0 amide bonds. The van der Waals surface area contributed by atoms with Gasteiger partial charge in [0, 0.05) is 35.3 Å². The third-order valence-electron chi connectivity index (χ3n) is 5.91. The molecule has 0 bridgehead atoms. The van der Waals surface area contributed by atoms with E-state index < -0.39 is 0 Å². The molecule has 0 atom stereocenters. The number of fused-ring (bicyclic) bond motifs is 1. The van der Waals surface area contributed by atoms with E-state index in [-0.39, 0.29) is 11.2 Å². The molecule has 3 aromatic heterocycles. The second-order valence-corrected chi connectivity index (χ2v) is 9.65. The third kappa shape index (κ3) is 4.61. The van der Waals surface area contributed by atoms with E-state index in [4.69, 9.17) is 4.98 Å². The molecular formula is C29H31N3O. The van der Waals surface area contributed by atoms with Gasteiger partial charge in [0.15, 0.2) is 0 Å². The maximum absolute atomic E-state index is 10.3. The van der Waals surface area contributed by atoms with Gasteiger partial charge in [0.2, 0.25) is 0 Å². The molecule has 0 unspecified atom stereocenters. The van der Waals surface area contributed by atoms with Crippen molar-refractivity contribution in [2.75, 3.05) is 0 Å². The summed E-state index contributed by atoms with van der Waals surface area (Å²) in [4.78, 5) is 9.36. The van der Waals surface area contributed by atoms with Gasteiger partial charge in [-0.15, -0.1) is 0 Å². The molecule has 4 rings (SSSR count). The standard InChI is InChI=1S/C29H31N3O/c1-19(2)27(20(3)33)22-15-26-28(31-16-22)25(18-32(26)17-24-9-7-8-14-30-24)21-10-12-23(13-11-21)29(4,5)6/h7-16,18,33H,1,17H2,2-6H3/b27-20+. The van der Waals surface area contributed by atoms with E-state index in [1.807, 2.05) is 37.5 Å². The van der Waals surface area contributed by atoms with Gasteiger partial charge in [-0.05, 0) is 54.2 Å². The van der Waals surface area contributed by atoms with Crippen LogP contribution in [0.5, 0.6) is 0 Å². The largest absolute Gasteiger partial charge is 0.512 e. The Hall–Kier alpha value is -3.66. The monoisotopic (exact) mass is 437 g/mol. The summed E-state index contributed by atoms with van der Waals surface area (Å²) in [7, 11) is 0. The van der Waals surface area contributed by atoms with E-state index in [0.29, 0.717) is 6.54 Å². The first-order valence-electron chi connectivity index (χ1n) is 11.2. The van der Waals surface area contributed by atoms with Crippen molar-refractivity contribution < 1.29 is 5.11 Å². The average Bonchev–Trinajstić information content (AvgIpc) is 3.11. The van der Waals surface area contributed by atoms with E-state index in [1.165, 1.54) is 5.56 Å². The molecule has 0 saturated carbocycles. The second kappa shape index (κ2) is 8.70. The molecule has 4 heteroatoms. The number of aromatic nitrogens is 3. The van der Waals surface area contributed by atoms with Crippen LogP contribution in [0, 0.1) is 0 Å². The summed E-state index contributed by atoms with van der Waals surface area (Å²) in [5, 5.41) is 10.3. The van der Waals surface area contributed by atoms with Crippen LogP contribution >= 0.6 is 0 Å². The smallest absolute Gasteiger partial charge is 0.0972 e. The lowest BCUT2D eigenvalue weighted by Crippen LogP contribution is -2.10. The van der Waals surface area contributed by atoms with Gasteiger partial charge >= 0.3 is 0 Å². The van der Waals surface area contributed by atoms with Crippen molar-refractivity contribution in [3.63, 3.8) is 0 Å². The Morgan fingerprint density at radius 2 is 1.76 bits per heavy atom. The molecule has 0 aliphatic heterocycles. The highest BCUT2D eigenvalue weighted by Crippen LogP contribution is 2.34. The van der Waals surface area contributed by atoms with Crippen LogP contribution in [0.25, 0.3) is 27.7 Å². The van der Waals surface area contributed by atoms with E-state index in [1.54, 1.807) is 6.92 Å². The van der Waals surface area contributed by atoms with Gasteiger partial charge in [0.25, 0.3) is 0 Å². The van der Waals surface area contributed by atoms with Crippen LogP contribution in [0.1, 0.15) is 51.4 Å². The zero-order valence-corrected chi connectivity index (χ0v) is 20.1. The summed E-state index contributed by atoms with van der Waals surface area (Å²) in [5.41, 5.74) is 8.89. The van der Waals surface area contributed by atoms with Gasteiger partial charge in [-0.1, -0.05) is 57.7 Å². The van der Waals surface area contributed by atoms with E-state index in [9.17, 15) is 5.11 Å². The highest BCUT2D eigenvalue weighted by molar-refractivity contribution is 5.95. The molecular weight excluding hydrogens is 406 g/mol. The van der Waals surface area contributed by atoms with Crippen molar-refractivity contribution in [1.82, 2.24) is 14.5 Å². The molecule has 1 aromatic carbocycles. The van der Waals surface area contributed by atoms with Gasteiger partial charge in [-0.3, -0.25) is 9.97 Å². The summed E-state index contributed by atoms with van der Waals surface area (Å²) in [5.74, 6) is 0.240. The zero-order valence-electron chi connectivity index (χ0n) is 20.1. The van der Waals surface area contributed by atoms with Crippen LogP contribution in [-0.2, 0) is 12.0 Å². The first-order valence-corrected chi connectivity index (χ1v) is 11.2. The van der Waals surface area contributed by atoms with Crippen LogP contribution < -0.4 is 0 Å². The van der Waals surface area contributed by atoms with E-state index in [2.05, 4.69) is 73.4 Å². The lowest BCUT2D eigenvalue weighted by molar-refractivity contribution is 0.417. The SMILES string of the molecule is C=C(C)/C(=C(/C)O)c1cnc2c(-c3ccc(C(C)(C)C)cc3)cn(Cc3ccccn3)c2c1. The summed E-state index contributed by atoms with van der Waals surface area (Å²) >= 11 is 0. The zero-order chi connectivity index (χ0) is 23.8. The van der Waals surface area contributed by atoms with Crippen molar-refractivity contribution >= 4 is 16.6 Å². The minimum Gasteiger partial charge on any atom is -0.512 e. The van der Waals surface area contributed by atoms with Crippen molar-refractivity contribution in [3.05, 3.63) is 102 Å². The average molecular weight is 438 g/mol. The second-order valence-electron chi connectivity index (χ2n) is 9.65. The predicted molar refractivity (Wildman–Crippen MR) is 137 cm³/mol. The molecule has 0 spiro atoms. The molecule has 0 aliphatic rings. The van der Waals surface area contributed by atoms with Gasteiger partial charge < -0.3 is 9.67 Å². The number of aliphatic hydroxyl groups is 1. The van der Waals surface area contributed by atoms with Crippen molar-refractivity contribution in [1.29, 1.82) is 0 Å². The van der Waals surface area contributed by atoms with E-state index >= 15 is 0 Å². The minimum absolute atomic E-state index is 0.103. The fraction of sp³-hybridized carbons (Fsp3) is 0.241. The number of benzene rings is 1. The number of hydrogen-bond donors (Lipinski definition) is 1. The lowest BCUT2D eigenvalue weighted by atomic mass is 9.86. The number of pyridine rings is 2. The Morgan fingerprint density at radius 3 is 2.33 bits per heavy atom. The fourth-order valence-corrected chi connectivity index (χ4v) is 4.22. The molecule has 0 radical (unpaired) electrons. The Bertz CT molecular complexity index is 1330. The molecule has 0 saturated heterocycles. The van der Waals surface area contributed by atoms with Gasteiger partial charge in [0.1, 0.15) is 0 Å². The molecule has 1 N–H and O–H groups in total. The highest BCUT2D eigenvalue weighted by Gasteiger charge is 2.17. The highest BCUT2D eigenvalue weighted by atomic mass is 16.3. The molecule has 168 valence electrons. The van der Waals surface area contributed by atoms with Gasteiger partial charge in [-0.25, -0.2) is 0 Å². The predicted octanol–water partition coefficient (Wildman–Crippen LogP) is 7.31. The summed E-state index contributed by atoms with van der Waals surface area (Å²) < 4.78 is 2.18. The van der Waals surface area contributed by atoms with Crippen molar-refractivity contribution in [3.8, 4) is 11.1 Å². The van der Waals surface area contributed by atoms with Crippen LogP contribution in [0.3, 0.4) is 0 Å². The maximum Gasteiger partial charge on any atom is 0.0972 e. The first-order chi connectivity index (χ1) is 15.6. The quantitative estimate of drug-likeness (QED) is 0.263. The Balaban J connectivity index is 1.89. The first kappa shape index (κ1) is 22.5. The lowest BCUT2D eigenvalue weighted by Gasteiger charge is -2.19. The number of rotatable bonds is 5. The Labute approximate surface area is 196 Å². The maximum atomic E-state index is 10.3. The molecule has 4 aromatic rings. The summed E-state index contributed by atoms with van der Waals surface area (Å²) in [6.45, 7) is 14.9.